The average molecular weight is 363 g/mol. The lowest BCUT2D eigenvalue weighted by atomic mass is 10.1. The Morgan fingerprint density at radius 3 is 2.46 bits per heavy atom. The summed E-state index contributed by atoms with van der Waals surface area (Å²) < 4.78 is 0.0610. The largest absolute Gasteiger partial charge is 0.550 e. The van der Waals surface area contributed by atoms with Crippen LogP contribution in [0.3, 0.4) is 0 Å². The van der Waals surface area contributed by atoms with Crippen LogP contribution in [0, 0.1) is 6.92 Å². The van der Waals surface area contributed by atoms with E-state index in [1.54, 1.807) is 6.08 Å². The number of benzene rings is 1. The molecule has 24 heavy (non-hydrogen) atoms. The first-order valence-corrected chi connectivity index (χ1v) is 8.26. The lowest BCUT2D eigenvalue weighted by Crippen LogP contribution is -2.50. The van der Waals surface area contributed by atoms with Gasteiger partial charge in [0.15, 0.2) is 0 Å². The summed E-state index contributed by atoms with van der Waals surface area (Å²) in [7, 11) is 0. The number of carbonyl (C=O) groups excluding carboxylic acids is 3. The molecule has 8 heteroatoms. The Balaban J connectivity index is 2.24. The van der Waals surface area contributed by atoms with Crippen LogP contribution in [0.4, 0.5) is 0 Å². The Labute approximate surface area is 148 Å². The van der Waals surface area contributed by atoms with Crippen LogP contribution in [0.5, 0.6) is 0 Å². The van der Waals surface area contributed by atoms with Gasteiger partial charge in [0.2, 0.25) is 0 Å². The topological polar surface area (TPSA) is 101 Å². The van der Waals surface area contributed by atoms with Crippen molar-refractivity contribution in [3.05, 3.63) is 40.3 Å². The number of amides is 1. The van der Waals surface area contributed by atoms with Gasteiger partial charge in [0.05, 0.1) is 16.9 Å². The number of hydrogen-bond acceptors (Lipinski definition) is 7. The quantitative estimate of drug-likeness (QED) is 0.511. The lowest BCUT2D eigenvalue weighted by molar-refractivity contribution is -0.311. The van der Waals surface area contributed by atoms with Gasteiger partial charge in [-0.2, -0.15) is 0 Å². The predicted molar refractivity (Wildman–Crippen MR) is 89.2 cm³/mol. The summed E-state index contributed by atoms with van der Waals surface area (Å²) in [6, 6.07) is 5.99. The van der Waals surface area contributed by atoms with E-state index in [1.165, 1.54) is 0 Å². The molecule has 1 aromatic carbocycles. The van der Waals surface area contributed by atoms with Gasteiger partial charge in [0.1, 0.15) is 4.32 Å². The van der Waals surface area contributed by atoms with Gasteiger partial charge in [-0.1, -0.05) is 53.8 Å². The molecule has 0 bridgehead atoms. The number of thiocarbonyl (C=S) groups is 1. The number of rotatable bonds is 6. The van der Waals surface area contributed by atoms with E-state index in [0.29, 0.717) is 0 Å². The number of thioether (sulfide) groups is 1. The Hall–Kier alpha value is -2.19. The molecule has 1 aromatic rings. The van der Waals surface area contributed by atoms with Crippen LogP contribution in [-0.4, -0.2) is 33.1 Å². The highest BCUT2D eigenvalue weighted by molar-refractivity contribution is 8.26. The van der Waals surface area contributed by atoms with Gasteiger partial charge in [-0.15, -0.1) is 0 Å². The Bertz CT molecular complexity index is 726. The molecule has 1 saturated heterocycles. The fourth-order valence-electron chi connectivity index (χ4n) is 2.17. The zero-order valence-corrected chi connectivity index (χ0v) is 14.3. The maximum Gasteiger partial charge on any atom is 0.266 e. The second-order valence-electron chi connectivity index (χ2n) is 5.21. The van der Waals surface area contributed by atoms with Crippen molar-refractivity contribution in [3.63, 3.8) is 0 Å². The first-order chi connectivity index (χ1) is 11.3. The minimum Gasteiger partial charge on any atom is -0.550 e. The van der Waals surface area contributed by atoms with Crippen LogP contribution >= 0.6 is 24.0 Å². The molecule has 126 valence electrons. The van der Waals surface area contributed by atoms with Gasteiger partial charge in [-0.3, -0.25) is 9.69 Å². The average Bonchev–Trinajstić information content (AvgIpc) is 2.77. The molecular weight excluding hydrogens is 350 g/mol. The van der Waals surface area contributed by atoms with Crippen LogP contribution in [-0.2, 0) is 14.4 Å². The second kappa shape index (κ2) is 7.59. The highest BCUT2D eigenvalue weighted by atomic mass is 32.2. The number of carboxylic acid groups (broad SMARTS) is 2. The van der Waals surface area contributed by atoms with Crippen molar-refractivity contribution in [2.45, 2.75) is 25.8 Å². The first-order valence-electron chi connectivity index (χ1n) is 7.04. The van der Waals surface area contributed by atoms with Gasteiger partial charge in [-0.25, -0.2) is 0 Å². The standard InChI is InChI=1S/C16H15NO5S2/c1-9-2-4-10(5-3-9)8-12-14(20)17(16(23)24-12)11(15(21)22)6-7-13(18)19/h2-5,8,11H,6-7H2,1H3,(H,18,19)(H,21,22)/p-2/b12-8+/t11-/m0/s1. The zero-order chi connectivity index (χ0) is 17.9. The highest BCUT2D eigenvalue weighted by Crippen LogP contribution is 2.34. The number of carboxylic acids is 2. The molecule has 0 saturated carbocycles. The molecule has 1 aliphatic rings. The van der Waals surface area contributed by atoms with E-state index >= 15 is 0 Å². The van der Waals surface area contributed by atoms with Crippen molar-refractivity contribution in [2.75, 3.05) is 0 Å². The Morgan fingerprint density at radius 2 is 1.92 bits per heavy atom. The summed E-state index contributed by atoms with van der Waals surface area (Å²) in [6.07, 6.45) is 0.783. The second-order valence-corrected chi connectivity index (χ2v) is 6.88. The third-order valence-corrected chi connectivity index (χ3v) is 4.73. The van der Waals surface area contributed by atoms with Crippen molar-refractivity contribution in [1.29, 1.82) is 0 Å². The van der Waals surface area contributed by atoms with E-state index in [4.69, 9.17) is 12.2 Å². The van der Waals surface area contributed by atoms with Gasteiger partial charge < -0.3 is 19.8 Å². The molecule has 1 fully saturated rings. The lowest BCUT2D eigenvalue weighted by Gasteiger charge is -2.27. The van der Waals surface area contributed by atoms with Crippen LogP contribution in [0.2, 0.25) is 0 Å². The fourth-order valence-corrected chi connectivity index (χ4v) is 3.53. The van der Waals surface area contributed by atoms with Gasteiger partial charge in [0.25, 0.3) is 5.91 Å². The molecule has 0 spiro atoms. The van der Waals surface area contributed by atoms with E-state index in [0.717, 1.165) is 27.8 Å². The number of hydrogen-bond donors (Lipinski definition) is 0. The molecule has 0 radical (unpaired) electrons. The molecule has 0 unspecified atom stereocenters. The number of nitrogens with zero attached hydrogens (tertiary/aromatic N) is 1. The van der Waals surface area contributed by atoms with Crippen molar-refractivity contribution in [1.82, 2.24) is 4.90 Å². The van der Waals surface area contributed by atoms with Crippen LogP contribution in [0.25, 0.3) is 6.08 Å². The molecular formula is C16H13NO5S2-2. The first kappa shape index (κ1) is 18.2. The molecule has 0 aliphatic carbocycles. The molecule has 0 aromatic heterocycles. The van der Waals surface area contributed by atoms with Crippen LogP contribution < -0.4 is 10.2 Å². The summed E-state index contributed by atoms with van der Waals surface area (Å²) in [6.45, 7) is 1.94. The van der Waals surface area contributed by atoms with Crippen LogP contribution in [0.15, 0.2) is 29.2 Å². The molecule has 2 rings (SSSR count). The molecule has 1 atom stereocenters. The monoisotopic (exact) mass is 363 g/mol. The summed E-state index contributed by atoms with van der Waals surface area (Å²) in [5, 5.41) is 21.8. The maximum absolute atomic E-state index is 12.5. The highest BCUT2D eigenvalue weighted by Gasteiger charge is 2.37. The molecule has 1 aliphatic heterocycles. The van der Waals surface area contributed by atoms with Crippen LogP contribution in [0.1, 0.15) is 24.0 Å². The molecule has 1 heterocycles. The number of carbonyl (C=O) groups is 3. The molecule has 0 N–H and O–H groups in total. The normalized spacial score (nSPS) is 17.4. The SMILES string of the molecule is Cc1ccc(/C=C2/SC(=S)N([C@@H](CCC(=O)[O-])C(=O)[O-])C2=O)cc1. The number of aryl methyl sites for hydroxylation is 1. The molecule has 6 nitrogen and oxygen atoms in total. The third kappa shape index (κ3) is 4.21. The summed E-state index contributed by atoms with van der Waals surface area (Å²) >= 11 is 6.06. The van der Waals surface area contributed by atoms with Crippen molar-refractivity contribution < 1.29 is 24.6 Å². The van der Waals surface area contributed by atoms with E-state index < -0.39 is 30.3 Å². The van der Waals surface area contributed by atoms with Gasteiger partial charge in [-0.05, 0) is 31.4 Å². The fraction of sp³-hybridized carbons (Fsp3) is 0.250. The van der Waals surface area contributed by atoms with E-state index in [9.17, 15) is 24.6 Å². The summed E-state index contributed by atoms with van der Waals surface area (Å²) in [5.74, 6) is -3.52. The zero-order valence-electron chi connectivity index (χ0n) is 12.7. The predicted octanol–water partition coefficient (Wildman–Crippen LogP) is -0.155. The Kier molecular flexibility index (Phi) is 5.74. The molecule has 1 amide bonds. The van der Waals surface area contributed by atoms with Crippen molar-refractivity contribution in [3.8, 4) is 0 Å². The smallest absolute Gasteiger partial charge is 0.266 e. The minimum atomic E-state index is -1.55. The van der Waals surface area contributed by atoms with E-state index in [-0.39, 0.29) is 15.6 Å². The van der Waals surface area contributed by atoms with Gasteiger partial charge in [0, 0.05) is 5.97 Å². The summed E-state index contributed by atoms with van der Waals surface area (Å²) in [5.41, 5.74) is 1.85. The van der Waals surface area contributed by atoms with Crippen molar-refractivity contribution >= 4 is 52.2 Å². The van der Waals surface area contributed by atoms with E-state index in [1.807, 2.05) is 31.2 Å². The maximum atomic E-state index is 12.5. The van der Waals surface area contributed by atoms with Gasteiger partial charge >= 0.3 is 0 Å². The van der Waals surface area contributed by atoms with Crippen molar-refractivity contribution in [2.24, 2.45) is 0 Å². The number of aliphatic carboxylic acids is 2. The minimum absolute atomic E-state index is 0.0610. The van der Waals surface area contributed by atoms with E-state index in [2.05, 4.69) is 0 Å². The summed E-state index contributed by atoms with van der Waals surface area (Å²) in [4.78, 5) is 35.5. The Morgan fingerprint density at radius 1 is 1.29 bits per heavy atom. The third-order valence-electron chi connectivity index (χ3n) is 3.40.